The Morgan fingerprint density at radius 3 is 0.667 bits per heavy atom. The van der Waals surface area contributed by atoms with Gasteiger partial charge < -0.3 is 18.2 Å². The van der Waals surface area contributed by atoms with Crippen LogP contribution in [0, 0.1) is 27.8 Å². The van der Waals surface area contributed by atoms with Crippen LogP contribution in [-0.2, 0) is 25.3 Å². The minimum atomic E-state index is -5.17. The Morgan fingerprint density at radius 1 is 0.667 bits per heavy atom. The second kappa shape index (κ2) is 17.7. The number of hydrogen-bond acceptors (Lipinski definition) is 10. The van der Waals surface area contributed by atoms with Gasteiger partial charge in [-0.05, 0) is 0 Å². The Labute approximate surface area is 186 Å². The summed E-state index contributed by atoms with van der Waals surface area (Å²) in [6.07, 6.45) is 0. The maximum atomic E-state index is 8.58. The van der Waals surface area contributed by atoms with Crippen molar-refractivity contribution in [2.75, 3.05) is 0 Å². The molecule has 0 rings (SSSR count). The van der Waals surface area contributed by atoms with E-state index in [4.69, 9.17) is 39.5 Å². The van der Waals surface area contributed by atoms with Crippen molar-refractivity contribution in [3.63, 3.8) is 0 Å². The molecule has 0 aliphatic heterocycles. The Bertz CT molecular complexity index is 286. The fourth-order valence-electron chi connectivity index (χ4n) is 0. The molecule has 0 heterocycles. The van der Waals surface area contributed by atoms with Gasteiger partial charge in [-0.15, -0.1) is 0 Å². The SMILES string of the molecule is O=S(=O)([O-])[O-].O=S(=O)([O-])[O-].[K+].[K+].[O]=[235U+2]=[O]. The third kappa shape index (κ3) is 323. The molecule has 0 aromatic heterocycles. The second-order valence-electron chi connectivity index (χ2n) is 0.900. The van der Waals surface area contributed by atoms with E-state index in [1.54, 1.807) is 0 Å². The first-order chi connectivity index (χ1) is 5.41. The van der Waals surface area contributed by atoms with Crippen LogP contribution >= 0.6 is 0 Å². The van der Waals surface area contributed by atoms with Gasteiger partial charge in [-0.3, -0.25) is 16.8 Å². The average Bonchev–Trinajstić information content (AvgIpc) is 1.52. The summed E-state index contributed by atoms with van der Waals surface area (Å²) >= 11 is -2.51. The molecule has 0 atom stereocenters. The van der Waals surface area contributed by atoms with Crippen molar-refractivity contribution >= 4 is 20.8 Å². The van der Waals surface area contributed by atoms with Gasteiger partial charge in [0.05, 0.1) is 0 Å². The third-order valence-corrected chi connectivity index (χ3v) is 0. The fraction of sp³-hybridized carbons (Fsp3) is 0. The van der Waals surface area contributed by atoms with Gasteiger partial charge in [0.2, 0.25) is 0 Å². The van der Waals surface area contributed by atoms with Crippen LogP contribution in [0.5, 0.6) is 0 Å². The van der Waals surface area contributed by atoms with E-state index >= 15 is 0 Å². The molecule has 78 valence electrons. The van der Waals surface area contributed by atoms with Crippen LogP contribution in [0.25, 0.3) is 0 Å². The average molecular weight is 537 g/mol. The Morgan fingerprint density at radius 2 is 0.667 bits per heavy atom. The first-order valence-corrected chi connectivity index (χ1v) is 7.81. The van der Waals surface area contributed by atoms with E-state index in [9.17, 15) is 0 Å². The van der Waals surface area contributed by atoms with E-state index in [0.717, 1.165) is 0 Å². The molecule has 0 aromatic carbocycles. The molecule has 0 amide bonds. The van der Waals surface area contributed by atoms with Crippen molar-refractivity contribution in [3.8, 4) is 0 Å². The van der Waals surface area contributed by atoms with Gasteiger partial charge in [0.25, 0.3) is 0 Å². The van der Waals surface area contributed by atoms with E-state index in [-0.39, 0.29) is 103 Å². The van der Waals surface area contributed by atoms with Gasteiger partial charge in [-0.25, -0.2) is 0 Å². The predicted molar refractivity (Wildman–Crippen MR) is 22.3 cm³/mol. The Balaban J connectivity index is -0.0000000322. The molecule has 15 heavy (non-hydrogen) atoms. The van der Waals surface area contributed by atoms with Crippen LogP contribution in [0.3, 0.4) is 0 Å². The zero-order valence-corrected chi connectivity index (χ0v) is 19.4. The van der Waals surface area contributed by atoms with E-state index < -0.39 is 48.6 Å². The molecule has 0 saturated heterocycles. The summed E-state index contributed by atoms with van der Waals surface area (Å²) in [5.74, 6) is 0. The summed E-state index contributed by atoms with van der Waals surface area (Å²) in [6.45, 7) is 0. The summed E-state index contributed by atoms with van der Waals surface area (Å²) < 4.78 is 85.3. The molecule has 0 bridgehead atoms. The van der Waals surface area contributed by atoms with Gasteiger partial charge in [0, 0.05) is 20.8 Å². The summed E-state index contributed by atoms with van der Waals surface area (Å²) in [7, 11) is -10.3. The minimum absolute atomic E-state index is 0. The zero-order chi connectivity index (χ0) is 11.7. The van der Waals surface area contributed by atoms with Gasteiger partial charge in [-0.2, -0.15) is 0 Å². The normalized spacial score (nSPS) is 8.27. The summed E-state index contributed by atoms with van der Waals surface area (Å²) in [5, 5.41) is 0. The summed E-state index contributed by atoms with van der Waals surface area (Å²) in [5.41, 5.74) is 0. The van der Waals surface area contributed by atoms with Crippen LogP contribution < -0.4 is 103 Å². The predicted octanol–water partition coefficient (Wildman–Crippen LogP) is -8.91. The molecule has 15 heteroatoms. The van der Waals surface area contributed by atoms with Crippen LogP contribution in [0.15, 0.2) is 0 Å². The van der Waals surface area contributed by atoms with Crippen LogP contribution in [0.4, 0.5) is 0 Å². The molecule has 0 saturated carbocycles. The first-order valence-electron chi connectivity index (χ1n) is 1.74. The van der Waals surface area contributed by atoms with Crippen molar-refractivity contribution < 1.29 is 170 Å². The van der Waals surface area contributed by atoms with Gasteiger partial charge in [0.1, 0.15) is 0 Å². The van der Waals surface area contributed by atoms with Crippen LogP contribution in [0.2, 0.25) is 0 Å². The molecule has 0 unspecified atom stereocenters. The van der Waals surface area contributed by atoms with E-state index in [2.05, 4.69) is 0 Å². The van der Waals surface area contributed by atoms with Crippen molar-refractivity contribution in [1.29, 1.82) is 0 Å². The van der Waals surface area contributed by atoms with Crippen molar-refractivity contribution in [2.24, 2.45) is 0 Å². The molecule has 0 spiro atoms. The molecular formula is K2O10S2U. The number of rotatable bonds is 0. The monoisotopic (exact) mass is 537 g/mol. The van der Waals surface area contributed by atoms with Crippen LogP contribution in [-0.4, -0.2) is 35.0 Å². The van der Waals surface area contributed by atoms with Gasteiger partial charge >= 0.3 is 135 Å². The molecule has 0 aliphatic carbocycles. The summed E-state index contributed by atoms with van der Waals surface area (Å²) in [4.78, 5) is 0. The van der Waals surface area contributed by atoms with Gasteiger partial charge in [-0.1, -0.05) is 0 Å². The molecular weight excluding hydrogens is 537 g/mol. The van der Waals surface area contributed by atoms with Crippen molar-refractivity contribution in [1.82, 2.24) is 0 Å². The molecule has 0 aromatic rings. The zero-order valence-electron chi connectivity index (χ0n) is 7.40. The van der Waals surface area contributed by atoms with Gasteiger partial charge in [0.15, 0.2) is 0 Å². The molecule has 10 nitrogen and oxygen atoms in total. The topological polar surface area (TPSA) is 195 Å². The molecule has 0 fully saturated rings. The Hall–Kier alpha value is 3.66. The third-order valence-electron chi connectivity index (χ3n) is 0. The fourth-order valence-corrected chi connectivity index (χ4v) is 0. The van der Waals surface area contributed by atoms with E-state index in [0.29, 0.717) is 0 Å². The molecule has 0 N–H and O–H groups in total. The summed E-state index contributed by atoms with van der Waals surface area (Å²) in [6, 6.07) is 0. The standard InChI is InChI=1S/2K.2H2O4S.2O.U/c;;2*1-5(2,3)4;;;/h;;2*(H2,1,2,3,4);;;/q2*+1;;;;;+2/p-4/i;;;;;;1-3. The van der Waals surface area contributed by atoms with Crippen molar-refractivity contribution in [3.05, 3.63) is 0 Å². The quantitative estimate of drug-likeness (QED) is 0.163. The maximum absolute atomic E-state index is 8.58. The van der Waals surface area contributed by atoms with Crippen LogP contribution in [0.1, 0.15) is 0 Å². The van der Waals surface area contributed by atoms with E-state index in [1.807, 2.05) is 0 Å². The van der Waals surface area contributed by atoms with Crippen molar-refractivity contribution in [2.45, 2.75) is 0 Å². The Kier molecular flexibility index (Phi) is 36.7. The first kappa shape index (κ1) is 31.2. The molecule has 0 radical (unpaired) electrons. The second-order valence-corrected chi connectivity index (χ2v) is 3.23. The van der Waals surface area contributed by atoms with E-state index in [1.165, 1.54) is 0 Å². The molecule has 0 aliphatic rings. The number of hydrogen-bond donors (Lipinski definition) is 0.